The standard InChI is InChI=1S/C27H29N3O3/c1-19(2)18-33-25-14-8-13-24(16-25)30-26(31)17-28-23-12-7-11-22(15-23)27(32)29-20(3)21-9-5-4-6-10-21/h4-16,20,28H,1,17-18H2,2-3H3,(H,29,32)(H,30,31). The zero-order valence-electron chi connectivity index (χ0n) is 18.9. The summed E-state index contributed by atoms with van der Waals surface area (Å²) < 4.78 is 5.61. The summed E-state index contributed by atoms with van der Waals surface area (Å²) in [5.41, 5.74) is 3.79. The second-order valence-electron chi connectivity index (χ2n) is 7.86. The minimum Gasteiger partial charge on any atom is -0.489 e. The molecule has 0 bridgehead atoms. The number of rotatable bonds is 10. The first-order valence-corrected chi connectivity index (χ1v) is 10.8. The number of hydrogen-bond acceptors (Lipinski definition) is 4. The van der Waals surface area contributed by atoms with Crippen molar-refractivity contribution in [3.8, 4) is 5.75 Å². The lowest BCUT2D eigenvalue weighted by molar-refractivity contribution is -0.114. The number of anilines is 2. The van der Waals surface area contributed by atoms with Crippen LogP contribution >= 0.6 is 0 Å². The van der Waals surface area contributed by atoms with Gasteiger partial charge < -0.3 is 20.7 Å². The number of amides is 2. The van der Waals surface area contributed by atoms with Crippen LogP contribution in [0.2, 0.25) is 0 Å². The molecular formula is C27H29N3O3. The molecule has 0 heterocycles. The van der Waals surface area contributed by atoms with Gasteiger partial charge >= 0.3 is 0 Å². The number of carbonyl (C=O) groups is 2. The SMILES string of the molecule is C=C(C)COc1cccc(NC(=O)CNc2cccc(C(=O)NC(C)c3ccccc3)c2)c1. The molecule has 0 aromatic heterocycles. The normalized spacial score (nSPS) is 11.2. The summed E-state index contributed by atoms with van der Waals surface area (Å²) in [6.45, 7) is 8.12. The molecule has 33 heavy (non-hydrogen) atoms. The lowest BCUT2D eigenvalue weighted by atomic mass is 10.1. The van der Waals surface area contributed by atoms with Gasteiger partial charge in [0.2, 0.25) is 5.91 Å². The molecule has 3 rings (SSSR count). The van der Waals surface area contributed by atoms with E-state index in [9.17, 15) is 9.59 Å². The van der Waals surface area contributed by atoms with E-state index in [4.69, 9.17) is 4.74 Å². The summed E-state index contributed by atoms with van der Waals surface area (Å²) in [5, 5.41) is 8.90. The van der Waals surface area contributed by atoms with Crippen molar-refractivity contribution in [1.82, 2.24) is 5.32 Å². The maximum Gasteiger partial charge on any atom is 0.251 e. The average Bonchev–Trinajstić information content (AvgIpc) is 2.82. The summed E-state index contributed by atoms with van der Waals surface area (Å²) in [4.78, 5) is 25.0. The van der Waals surface area contributed by atoms with Gasteiger partial charge in [0.15, 0.2) is 0 Å². The van der Waals surface area contributed by atoms with Crippen LogP contribution in [0.5, 0.6) is 5.75 Å². The molecule has 1 atom stereocenters. The lowest BCUT2D eigenvalue weighted by Gasteiger charge is -2.15. The Morgan fingerprint density at radius 1 is 0.939 bits per heavy atom. The van der Waals surface area contributed by atoms with Gasteiger partial charge in [-0.1, -0.05) is 49.0 Å². The molecule has 0 radical (unpaired) electrons. The summed E-state index contributed by atoms with van der Waals surface area (Å²) in [7, 11) is 0. The third kappa shape index (κ3) is 7.54. The molecule has 170 valence electrons. The molecule has 0 aliphatic carbocycles. The van der Waals surface area contributed by atoms with Crippen molar-refractivity contribution >= 4 is 23.2 Å². The molecule has 0 aliphatic rings. The van der Waals surface area contributed by atoms with E-state index in [1.807, 2.05) is 62.4 Å². The van der Waals surface area contributed by atoms with Gasteiger partial charge in [0.05, 0.1) is 12.6 Å². The van der Waals surface area contributed by atoms with Gasteiger partial charge in [-0.15, -0.1) is 0 Å². The van der Waals surface area contributed by atoms with E-state index in [2.05, 4.69) is 22.5 Å². The van der Waals surface area contributed by atoms with Crippen molar-refractivity contribution in [2.75, 3.05) is 23.8 Å². The van der Waals surface area contributed by atoms with Crippen molar-refractivity contribution in [2.24, 2.45) is 0 Å². The zero-order chi connectivity index (χ0) is 23.6. The van der Waals surface area contributed by atoms with Crippen molar-refractivity contribution in [3.63, 3.8) is 0 Å². The first-order chi connectivity index (χ1) is 15.9. The first kappa shape index (κ1) is 23.6. The molecule has 6 heteroatoms. The fraction of sp³-hybridized carbons (Fsp3) is 0.185. The van der Waals surface area contributed by atoms with Crippen LogP contribution in [0, 0.1) is 0 Å². The smallest absolute Gasteiger partial charge is 0.251 e. The Bertz CT molecular complexity index is 1110. The van der Waals surface area contributed by atoms with Gasteiger partial charge in [-0.2, -0.15) is 0 Å². The molecule has 1 unspecified atom stereocenters. The summed E-state index contributed by atoms with van der Waals surface area (Å²) in [5.74, 6) is 0.276. The first-order valence-electron chi connectivity index (χ1n) is 10.8. The van der Waals surface area contributed by atoms with Crippen LogP contribution in [-0.2, 0) is 4.79 Å². The van der Waals surface area contributed by atoms with Crippen LogP contribution in [0.15, 0.2) is 91.0 Å². The Kier molecular flexibility index (Phi) is 8.24. The third-order valence-electron chi connectivity index (χ3n) is 4.83. The molecule has 3 N–H and O–H groups in total. The topological polar surface area (TPSA) is 79.5 Å². The molecule has 0 fully saturated rings. The highest BCUT2D eigenvalue weighted by Crippen LogP contribution is 2.18. The number of nitrogens with one attached hydrogen (secondary N) is 3. The van der Waals surface area contributed by atoms with Crippen LogP contribution in [0.1, 0.15) is 35.8 Å². The number of hydrogen-bond donors (Lipinski definition) is 3. The van der Waals surface area contributed by atoms with Crippen LogP contribution in [0.4, 0.5) is 11.4 Å². The van der Waals surface area contributed by atoms with Crippen LogP contribution in [0.3, 0.4) is 0 Å². The highest BCUT2D eigenvalue weighted by molar-refractivity contribution is 5.96. The van der Waals surface area contributed by atoms with Crippen molar-refractivity contribution in [3.05, 3.63) is 102 Å². The van der Waals surface area contributed by atoms with E-state index in [1.165, 1.54) is 0 Å². The van der Waals surface area contributed by atoms with Crippen LogP contribution < -0.4 is 20.7 Å². The van der Waals surface area contributed by atoms with E-state index in [0.29, 0.717) is 29.3 Å². The predicted octanol–water partition coefficient (Wildman–Crippen LogP) is 5.18. The fourth-order valence-electron chi connectivity index (χ4n) is 3.13. The van der Waals surface area contributed by atoms with Gasteiger partial charge in [-0.25, -0.2) is 0 Å². The Morgan fingerprint density at radius 3 is 2.42 bits per heavy atom. The van der Waals surface area contributed by atoms with Crippen LogP contribution in [-0.4, -0.2) is 25.0 Å². The second-order valence-corrected chi connectivity index (χ2v) is 7.86. The molecule has 0 saturated carbocycles. The Labute approximate surface area is 194 Å². The largest absolute Gasteiger partial charge is 0.489 e. The van der Waals surface area contributed by atoms with Gasteiger partial charge in [0.25, 0.3) is 5.91 Å². The Balaban J connectivity index is 1.53. The molecule has 3 aromatic rings. The van der Waals surface area contributed by atoms with Crippen molar-refractivity contribution < 1.29 is 14.3 Å². The Morgan fingerprint density at radius 2 is 1.67 bits per heavy atom. The van der Waals surface area contributed by atoms with Gasteiger partial charge in [0.1, 0.15) is 12.4 Å². The summed E-state index contributed by atoms with van der Waals surface area (Å²) in [6.07, 6.45) is 0. The third-order valence-corrected chi connectivity index (χ3v) is 4.83. The fourth-order valence-corrected chi connectivity index (χ4v) is 3.13. The minimum absolute atomic E-state index is 0.0579. The molecule has 6 nitrogen and oxygen atoms in total. The molecule has 2 amide bonds. The molecule has 0 spiro atoms. The highest BCUT2D eigenvalue weighted by Gasteiger charge is 2.12. The van der Waals surface area contributed by atoms with Crippen molar-refractivity contribution in [2.45, 2.75) is 19.9 Å². The molecule has 0 saturated heterocycles. The average molecular weight is 444 g/mol. The van der Waals surface area contributed by atoms with Crippen molar-refractivity contribution in [1.29, 1.82) is 0 Å². The van der Waals surface area contributed by atoms with Gasteiger partial charge in [0, 0.05) is 23.0 Å². The van der Waals surface area contributed by atoms with E-state index in [1.54, 1.807) is 30.3 Å². The Hall–Kier alpha value is -4.06. The monoisotopic (exact) mass is 443 g/mol. The van der Waals surface area contributed by atoms with E-state index >= 15 is 0 Å². The highest BCUT2D eigenvalue weighted by atomic mass is 16.5. The van der Waals surface area contributed by atoms with E-state index in [-0.39, 0.29) is 24.4 Å². The number of ether oxygens (including phenoxy) is 1. The summed E-state index contributed by atoms with van der Waals surface area (Å²) >= 11 is 0. The zero-order valence-corrected chi connectivity index (χ0v) is 18.9. The quantitative estimate of drug-likeness (QED) is 0.377. The molecule has 3 aromatic carbocycles. The predicted molar refractivity (Wildman–Crippen MR) is 133 cm³/mol. The van der Waals surface area contributed by atoms with E-state index < -0.39 is 0 Å². The second kappa shape index (κ2) is 11.5. The van der Waals surface area contributed by atoms with E-state index in [0.717, 1.165) is 11.1 Å². The van der Waals surface area contributed by atoms with Gasteiger partial charge in [-0.05, 0) is 55.3 Å². The molecule has 0 aliphatic heterocycles. The van der Waals surface area contributed by atoms with Crippen LogP contribution in [0.25, 0.3) is 0 Å². The molecular weight excluding hydrogens is 414 g/mol. The maximum atomic E-state index is 12.7. The minimum atomic E-state index is -0.209. The number of carbonyl (C=O) groups excluding carboxylic acids is 2. The summed E-state index contributed by atoms with van der Waals surface area (Å²) in [6, 6.07) is 23.9. The van der Waals surface area contributed by atoms with Gasteiger partial charge in [-0.3, -0.25) is 9.59 Å². The lowest BCUT2D eigenvalue weighted by Crippen LogP contribution is -2.26. The maximum absolute atomic E-state index is 12.7. The number of benzene rings is 3.